The molecule has 2 rings (SSSR count). The summed E-state index contributed by atoms with van der Waals surface area (Å²) in [5, 5.41) is 0. The van der Waals surface area contributed by atoms with Gasteiger partial charge in [-0.2, -0.15) is 20.2 Å². The van der Waals surface area contributed by atoms with Gasteiger partial charge in [0.15, 0.2) is 0 Å². The molecule has 1 aromatic heterocycles. The number of aromatic nitrogens is 3. The summed E-state index contributed by atoms with van der Waals surface area (Å²) in [5.74, 6) is 1.52. The van der Waals surface area contributed by atoms with Crippen molar-refractivity contribution in [1.82, 2.24) is 9.97 Å². The molecule has 5 N–H and O–H groups in total. The Balaban J connectivity index is 2.30. The molecule has 0 amide bonds. The van der Waals surface area contributed by atoms with Crippen LogP contribution in [0.2, 0.25) is 0 Å². The molecule has 1 aliphatic heterocycles. The van der Waals surface area contributed by atoms with Gasteiger partial charge in [-0.1, -0.05) is 9.97 Å². The lowest BCUT2D eigenvalue weighted by atomic mass is 10.5. The minimum absolute atomic E-state index is 0.297. The molecule has 1 fully saturated rings. The Morgan fingerprint density at radius 2 is 1.79 bits per heavy atom. The maximum absolute atomic E-state index is 10.6. The van der Waals surface area contributed by atoms with Crippen LogP contribution in [0.5, 0.6) is 0 Å². The normalized spacial score (nSPS) is 16.4. The smallest absolute Gasteiger partial charge is 0.322 e. The molecule has 1 aromatic rings. The summed E-state index contributed by atoms with van der Waals surface area (Å²) < 4.78 is 34.4. The molecule has 0 atom stereocenters. The average molecular weight is 309 g/mol. The molecule has 0 spiro atoms. The average Bonchev–Trinajstić information content (AvgIpc) is 2.33. The number of thioether (sulfide) groups is 1. The van der Waals surface area contributed by atoms with Crippen LogP contribution >= 0.6 is 11.8 Å². The van der Waals surface area contributed by atoms with Crippen molar-refractivity contribution >= 4 is 40.0 Å². The van der Waals surface area contributed by atoms with E-state index in [1.165, 1.54) is 0 Å². The Kier molecular flexibility index (Phi) is 3.82. The molecule has 0 aromatic carbocycles. The fraction of sp³-hybridized carbons (Fsp3) is 0.571. The van der Waals surface area contributed by atoms with E-state index in [4.69, 9.17) is 16.0 Å². The van der Waals surface area contributed by atoms with Crippen LogP contribution in [0.1, 0.15) is 0 Å². The highest BCUT2D eigenvalue weighted by molar-refractivity contribution is 7.99. The van der Waals surface area contributed by atoms with Crippen LogP contribution in [0, 0.1) is 0 Å². The summed E-state index contributed by atoms with van der Waals surface area (Å²) in [6, 6.07) is 0. The molecule has 0 radical (unpaired) electrons. The van der Waals surface area contributed by atoms with Crippen molar-refractivity contribution in [3.63, 3.8) is 0 Å². The van der Waals surface area contributed by atoms with Gasteiger partial charge in [0.25, 0.3) is 0 Å². The molecule has 106 valence electrons. The van der Waals surface area contributed by atoms with Gasteiger partial charge in [0, 0.05) is 24.6 Å². The Hall–Kier alpha value is -1.53. The standard InChI is InChI=1S/C7H12N6O4S2/c8-5-10-7(12-1-3-18-4-2-12)11-6(9)13(5)17-19(14,15)16/h1-4H2,(H4,8,9,10,11,14,15,16)/p+1. The van der Waals surface area contributed by atoms with Gasteiger partial charge in [0.05, 0.1) is 0 Å². The monoisotopic (exact) mass is 309 g/mol. The zero-order valence-corrected chi connectivity index (χ0v) is 11.4. The second kappa shape index (κ2) is 5.22. The number of anilines is 3. The van der Waals surface area contributed by atoms with Crippen molar-refractivity contribution in [3.8, 4) is 0 Å². The van der Waals surface area contributed by atoms with Crippen LogP contribution in [-0.2, 0) is 10.4 Å². The Morgan fingerprint density at radius 3 is 2.26 bits per heavy atom. The number of nitrogens with two attached hydrogens (primary N) is 2. The van der Waals surface area contributed by atoms with E-state index >= 15 is 0 Å². The van der Waals surface area contributed by atoms with E-state index in [9.17, 15) is 8.42 Å². The summed E-state index contributed by atoms with van der Waals surface area (Å²) in [6.45, 7) is 1.49. The van der Waals surface area contributed by atoms with Crippen LogP contribution in [0.15, 0.2) is 0 Å². The Bertz CT molecular complexity index is 550. The van der Waals surface area contributed by atoms with Crippen LogP contribution in [-0.4, -0.2) is 47.5 Å². The quantitative estimate of drug-likeness (QED) is 0.411. The summed E-state index contributed by atoms with van der Waals surface area (Å²) >= 11 is 1.81. The molecule has 0 unspecified atom stereocenters. The molecule has 10 nitrogen and oxygen atoms in total. The topological polar surface area (TPSA) is 149 Å². The SMILES string of the molecule is Nc1nc(N2CCSCC2)nc(N)[n+]1OS(=O)(=O)O. The fourth-order valence-electron chi connectivity index (χ4n) is 1.51. The van der Waals surface area contributed by atoms with Crippen molar-refractivity contribution in [1.29, 1.82) is 0 Å². The van der Waals surface area contributed by atoms with Crippen LogP contribution in [0.4, 0.5) is 17.8 Å². The van der Waals surface area contributed by atoms with E-state index in [1.54, 1.807) is 0 Å². The van der Waals surface area contributed by atoms with Gasteiger partial charge in [0.2, 0.25) is 0 Å². The first-order valence-electron chi connectivity index (χ1n) is 5.22. The molecule has 0 bridgehead atoms. The second-order valence-electron chi connectivity index (χ2n) is 3.64. The van der Waals surface area contributed by atoms with Gasteiger partial charge in [-0.3, -0.25) is 4.55 Å². The highest BCUT2D eigenvalue weighted by Crippen LogP contribution is 2.15. The first kappa shape index (κ1) is 13.9. The maximum atomic E-state index is 10.6. The maximum Gasteiger partial charge on any atom is 0.472 e. The molecule has 1 saturated heterocycles. The van der Waals surface area contributed by atoms with E-state index in [0.717, 1.165) is 24.6 Å². The Labute approximate surface area is 113 Å². The van der Waals surface area contributed by atoms with Crippen molar-refractivity contribution in [2.24, 2.45) is 0 Å². The molecule has 1 aliphatic rings. The summed E-state index contributed by atoms with van der Waals surface area (Å²) in [6.07, 6.45) is 0. The third-order valence-corrected chi connectivity index (χ3v) is 3.59. The van der Waals surface area contributed by atoms with Crippen molar-refractivity contribution in [2.75, 3.05) is 41.0 Å². The number of rotatable bonds is 3. The summed E-state index contributed by atoms with van der Waals surface area (Å²) in [4.78, 5) is 9.69. The number of nitrogens with zero attached hydrogens (tertiary/aromatic N) is 4. The molecular weight excluding hydrogens is 296 g/mol. The third-order valence-electron chi connectivity index (χ3n) is 2.31. The van der Waals surface area contributed by atoms with Gasteiger partial charge in [-0.25, -0.2) is 4.28 Å². The highest BCUT2D eigenvalue weighted by Gasteiger charge is 2.25. The van der Waals surface area contributed by atoms with E-state index < -0.39 is 10.4 Å². The minimum atomic E-state index is -4.75. The second-order valence-corrected chi connectivity index (χ2v) is 5.87. The van der Waals surface area contributed by atoms with Gasteiger partial charge in [-0.05, 0) is 4.73 Å². The summed E-state index contributed by atoms with van der Waals surface area (Å²) in [7, 11) is -4.75. The molecular formula is C7H13N6O4S2+. The van der Waals surface area contributed by atoms with E-state index in [1.807, 2.05) is 16.7 Å². The lowest BCUT2D eigenvalue weighted by molar-refractivity contribution is -0.836. The highest BCUT2D eigenvalue weighted by atomic mass is 32.3. The predicted molar refractivity (Wildman–Crippen MR) is 68.7 cm³/mol. The van der Waals surface area contributed by atoms with Crippen LogP contribution in [0.3, 0.4) is 0 Å². The van der Waals surface area contributed by atoms with Gasteiger partial charge in [-0.15, -0.1) is 0 Å². The van der Waals surface area contributed by atoms with Gasteiger partial charge < -0.3 is 16.4 Å². The first-order valence-corrected chi connectivity index (χ1v) is 7.74. The molecule has 19 heavy (non-hydrogen) atoms. The zero-order valence-electron chi connectivity index (χ0n) is 9.76. The van der Waals surface area contributed by atoms with E-state index in [0.29, 0.717) is 10.7 Å². The van der Waals surface area contributed by atoms with Crippen molar-refractivity contribution < 1.29 is 22.0 Å². The molecule has 2 heterocycles. The lowest BCUT2D eigenvalue weighted by Gasteiger charge is -2.24. The number of hydrogen-bond donors (Lipinski definition) is 3. The van der Waals surface area contributed by atoms with Crippen LogP contribution < -0.4 is 25.4 Å². The van der Waals surface area contributed by atoms with Gasteiger partial charge in [0.1, 0.15) is 0 Å². The van der Waals surface area contributed by atoms with Gasteiger partial charge >= 0.3 is 28.2 Å². The fourth-order valence-corrected chi connectivity index (χ4v) is 2.76. The molecule has 0 saturated carbocycles. The Morgan fingerprint density at radius 1 is 1.26 bits per heavy atom. The zero-order chi connectivity index (χ0) is 14.0. The molecule has 12 heteroatoms. The van der Waals surface area contributed by atoms with Crippen LogP contribution in [0.25, 0.3) is 0 Å². The predicted octanol–water partition coefficient (Wildman–Crippen LogP) is -2.29. The first-order chi connectivity index (χ1) is 8.87. The van der Waals surface area contributed by atoms with E-state index in [2.05, 4.69) is 14.3 Å². The largest absolute Gasteiger partial charge is 0.472 e. The third kappa shape index (κ3) is 3.48. The molecule has 0 aliphatic carbocycles. The number of hydrogen-bond acceptors (Lipinski definition) is 9. The lowest BCUT2D eigenvalue weighted by Crippen LogP contribution is -2.51. The minimum Gasteiger partial charge on any atom is -0.322 e. The van der Waals surface area contributed by atoms with Crippen molar-refractivity contribution in [2.45, 2.75) is 0 Å². The summed E-state index contributed by atoms with van der Waals surface area (Å²) in [5.41, 5.74) is 11.1. The van der Waals surface area contributed by atoms with E-state index in [-0.39, 0.29) is 11.9 Å². The van der Waals surface area contributed by atoms with Crippen molar-refractivity contribution in [3.05, 3.63) is 0 Å². The number of nitrogen functional groups attached to an aromatic ring is 2.